The van der Waals surface area contributed by atoms with Crippen molar-refractivity contribution in [1.29, 1.82) is 0 Å². The van der Waals surface area contributed by atoms with E-state index in [2.05, 4.69) is 25.9 Å². The van der Waals surface area contributed by atoms with Gasteiger partial charge in [0.1, 0.15) is 11.7 Å². The zero-order chi connectivity index (χ0) is 18.6. The number of carbonyl (C=O) groups excluding carboxylic acids is 3. The van der Waals surface area contributed by atoms with Crippen LogP contribution in [0.3, 0.4) is 0 Å². The second-order valence-corrected chi connectivity index (χ2v) is 6.61. The summed E-state index contributed by atoms with van der Waals surface area (Å²) in [6.07, 6.45) is 0. The molecule has 0 aliphatic carbocycles. The molecule has 0 unspecified atom stereocenters. The van der Waals surface area contributed by atoms with Gasteiger partial charge < -0.3 is 4.74 Å². The van der Waals surface area contributed by atoms with Crippen LogP contribution in [0.5, 0.6) is 11.6 Å². The molecule has 2 aliphatic heterocycles. The summed E-state index contributed by atoms with van der Waals surface area (Å²) in [6.45, 7) is 0. The van der Waals surface area contributed by atoms with Crippen molar-refractivity contribution < 1.29 is 19.1 Å². The van der Waals surface area contributed by atoms with E-state index in [0.717, 1.165) is 0 Å². The lowest BCUT2D eigenvalue weighted by atomic mass is 9.78. The molecule has 0 saturated carbocycles. The maximum Gasteiger partial charge on any atom is 0.328 e. The molecule has 10 nitrogen and oxygen atoms in total. The molecule has 4 amide bonds. The van der Waals surface area contributed by atoms with E-state index < -0.39 is 40.9 Å². The Morgan fingerprint density at radius 2 is 1.62 bits per heavy atom. The minimum Gasteiger partial charge on any atom is -0.440 e. The van der Waals surface area contributed by atoms with Crippen LogP contribution in [0, 0.1) is 5.92 Å². The molecule has 1 aromatic heterocycles. The highest BCUT2D eigenvalue weighted by molar-refractivity contribution is 9.10. The van der Waals surface area contributed by atoms with Gasteiger partial charge in [0.15, 0.2) is 0 Å². The molecule has 0 radical (unpaired) electrons. The average molecular weight is 421 g/mol. The lowest BCUT2D eigenvalue weighted by Gasteiger charge is -2.32. The number of carbonyl (C=O) groups is 3. The number of nitrogens with one attached hydrogen (secondary N) is 4. The van der Waals surface area contributed by atoms with Crippen molar-refractivity contribution in [3.63, 3.8) is 0 Å². The van der Waals surface area contributed by atoms with E-state index >= 15 is 0 Å². The van der Waals surface area contributed by atoms with Crippen LogP contribution < -0.4 is 26.6 Å². The summed E-state index contributed by atoms with van der Waals surface area (Å²) in [7, 11) is 0. The fourth-order valence-corrected chi connectivity index (χ4v) is 3.52. The van der Waals surface area contributed by atoms with Gasteiger partial charge in [0.25, 0.3) is 5.56 Å². The first-order valence-electron chi connectivity index (χ1n) is 7.34. The number of imide groups is 2. The molecule has 1 saturated heterocycles. The molecule has 2 aliphatic rings. The lowest BCUT2D eigenvalue weighted by Crippen LogP contribution is -2.58. The highest BCUT2D eigenvalue weighted by atomic mass is 79.9. The molecule has 0 spiro atoms. The molecule has 1 aromatic carbocycles. The molecule has 26 heavy (non-hydrogen) atoms. The quantitative estimate of drug-likeness (QED) is 0.478. The zero-order valence-corrected chi connectivity index (χ0v) is 14.3. The normalized spacial score (nSPS) is 19.1. The van der Waals surface area contributed by atoms with Crippen LogP contribution in [0.1, 0.15) is 17.0 Å². The summed E-state index contributed by atoms with van der Waals surface area (Å²) in [4.78, 5) is 64.5. The number of hydrogen-bond acceptors (Lipinski definition) is 6. The Morgan fingerprint density at radius 3 is 2.31 bits per heavy atom. The summed E-state index contributed by atoms with van der Waals surface area (Å²) in [5.41, 5.74) is -1.29. The largest absolute Gasteiger partial charge is 0.440 e. The second-order valence-electron chi connectivity index (χ2n) is 5.70. The number of urea groups is 1. The molecule has 1 atom stereocenters. The van der Waals surface area contributed by atoms with Gasteiger partial charge in [-0.15, -0.1) is 0 Å². The van der Waals surface area contributed by atoms with Gasteiger partial charge in [0.05, 0.1) is 5.56 Å². The maximum absolute atomic E-state index is 12.4. The van der Waals surface area contributed by atoms with Gasteiger partial charge in [-0.2, -0.15) is 0 Å². The molecule has 4 N–H and O–H groups in total. The van der Waals surface area contributed by atoms with Crippen molar-refractivity contribution in [2.75, 3.05) is 0 Å². The molecular weight excluding hydrogens is 412 g/mol. The van der Waals surface area contributed by atoms with Gasteiger partial charge in [-0.05, 0) is 18.2 Å². The van der Waals surface area contributed by atoms with E-state index in [4.69, 9.17) is 4.74 Å². The SMILES string of the molecule is O=C1NC(=O)C([C@@H]2c3cc(Br)ccc3Oc3[nH]c(=O)[nH]c(=O)c32)C(=O)N1. The standard InChI is InChI=1S/C15H9BrN4O6/c16-4-1-2-6-5(3-4)7(8-10(21)17-14(24)18-11(8)22)9-12(23)19-15(25)20-13(9)26-6/h1-3,7-8H,(H2,19,20,23,25)(H2,17,18,21,22,24)/t7-/m0/s1. The fraction of sp³-hybridized carbons (Fsp3) is 0.133. The minimum atomic E-state index is -1.41. The fourth-order valence-electron chi connectivity index (χ4n) is 3.14. The zero-order valence-electron chi connectivity index (χ0n) is 12.7. The van der Waals surface area contributed by atoms with Crippen LogP contribution in [0.25, 0.3) is 0 Å². The number of fused-ring (bicyclic) bond motifs is 2. The van der Waals surface area contributed by atoms with Gasteiger partial charge in [0.2, 0.25) is 17.7 Å². The van der Waals surface area contributed by atoms with Crippen LogP contribution in [0.4, 0.5) is 4.79 Å². The Balaban J connectivity index is 1.99. The third-order valence-electron chi connectivity index (χ3n) is 4.15. The van der Waals surface area contributed by atoms with E-state index in [1.54, 1.807) is 18.2 Å². The van der Waals surface area contributed by atoms with E-state index in [-0.39, 0.29) is 17.2 Å². The predicted molar refractivity (Wildman–Crippen MR) is 88.9 cm³/mol. The second kappa shape index (κ2) is 5.66. The number of benzene rings is 1. The third-order valence-corrected chi connectivity index (χ3v) is 4.64. The summed E-state index contributed by atoms with van der Waals surface area (Å²) in [6, 6.07) is 3.90. The third kappa shape index (κ3) is 2.44. The van der Waals surface area contributed by atoms with E-state index in [1.807, 2.05) is 10.6 Å². The number of hydrogen-bond donors (Lipinski definition) is 4. The molecule has 1 fully saturated rings. The van der Waals surface area contributed by atoms with Gasteiger partial charge in [-0.25, -0.2) is 9.59 Å². The molecule has 3 heterocycles. The van der Waals surface area contributed by atoms with Crippen LogP contribution >= 0.6 is 15.9 Å². The first kappa shape index (κ1) is 16.3. The van der Waals surface area contributed by atoms with Crippen molar-refractivity contribution in [2.45, 2.75) is 5.92 Å². The van der Waals surface area contributed by atoms with E-state index in [1.165, 1.54) is 0 Å². The minimum absolute atomic E-state index is 0.0835. The average Bonchev–Trinajstić information content (AvgIpc) is 2.53. The Bertz CT molecular complexity index is 1080. The first-order valence-corrected chi connectivity index (χ1v) is 8.14. The highest BCUT2D eigenvalue weighted by Gasteiger charge is 2.46. The van der Waals surface area contributed by atoms with Crippen LogP contribution in [0.2, 0.25) is 0 Å². The summed E-state index contributed by atoms with van der Waals surface area (Å²) in [5, 5.41) is 4.04. The van der Waals surface area contributed by atoms with Crippen molar-refractivity contribution in [3.8, 4) is 11.6 Å². The molecule has 132 valence electrons. The molecule has 2 aromatic rings. The highest BCUT2D eigenvalue weighted by Crippen LogP contribution is 2.46. The number of aromatic amines is 2. The van der Waals surface area contributed by atoms with E-state index in [0.29, 0.717) is 10.0 Å². The number of rotatable bonds is 1. The Labute approximate surface area is 152 Å². The maximum atomic E-state index is 12.4. The van der Waals surface area contributed by atoms with Crippen molar-refractivity contribution in [2.24, 2.45) is 5.92 Å². The topological polar surface area (TPSA) is 150 Å². The van der Waals surface area contributed by atoms with Crippen LogP contribution in [-0.2, 0) is 9.59 Å². The van der Waals surface area contributed by atoms with Gasteiger partial charge in [0, 0.05) is 16.0 Å². The Hall–Kier alpha value is -3.21. The van der Waals surface area contributed by atoms with Crippen molar-refractivity contribution in [3.05, 3.63) is 54.6 Å². The van der Waals surface area contributed by atoms with Crippen LogP contribution in [-0.4, -0.2) is 27.8 Å². The van der Waals surface area contributed by atoms with Gasteiger partial charge >= 0.3 is 11.7 Å². The van der Waals surface area contributed by atoms with Crippen molar-refractivity contribution in [1.82, 2.24) is 20.6 Å². The number of aromatic nitrogens is 2. The summed E-state index contributed by atoms with van der Waals surface area (Å²) in [5.74, 6) is -4.07. The molecule has 0 bridgehead atoms. The smallest absolute Gasteiger partial charge is 0.328 e. The van der Waals surface area contributed by atoms with E-state index in [9.17, 15) is 24.0 Å². The number of barbiturate groups is 1. The summed E-state index contributed by atoms with van der Waals surface area (Å²) < 4.78 is 6.21. The molecular formula is C15H9BrN4O6. The molecule has 4 rings (SSSR count). The Morgan fingerprint density at radius 1 is 0.923 bits per heavy atom. The van der Waals surface area contributed by atoms with Crippen LogP contribution in [0.15, 0.2) is 32.3 Å². The number of ether oxygens (including phenoxy) is 1. The number of amides is 4. The monoisotopic (exact) mass is 420 g/mol. The van der Waals surface area contributed by atoms with Gasteiger partial charge in [-0.1, -0.05) is 15.9 Å². The van der Waals surface area contributed by atoms with Crippen molar-refractivity contribution >= 4 is 33.8 Å². The van der Waals surface area contributed by atoms with Gasteiger partial charge in [-0.3, -0.25) is 35.0 Å². The Kier molecular flexibility index (Phi) is 3.54. The number of H-pyrrole nitrogens is 2. The summed E-state index contributed by atoms with van der Waals surface area (Å²) >= 11 is 3.30. The lowest BCUT2D eigenvalue weighted by molar-refractivity contribution is -0.136. The predicted octanol–water partition coefficient (Wildman–Crippen LogP) is 0.0455. The first-order chi connectivity index (χ1) is 12.3. The molecule has 11 heteroatoms. The number of halogens is 1.